The van der Waals surface area contributed by atoms with E-state index in [1.165, 1.54) is 36.6 Å². The van der Waals surface area contributed by atoms with Gasteiger partial charge in [-0.25, -0.2) is 9.37 Å². The maximum Gasteiger partial charge on any atom is 0.416 e. The molecule has 5 aromatic rings. The number of thioether (sulfide) groups is 1. The number of nitrogens with one attached hydrogen (secondary N) is 1. The molecule has 7 nitrogen and oxygen atoms in total. The molecule has 0 radical (unpaired) electrons. The highest BCUT2D eigenvalue weighted by atomic mass is 32.2. The van der Waals surface area contributed by atoms with E-state index in [1.54, 1.807) is 10.6 Å². The van der Waals surface area contributed by atoms with Gasteiger partial charge < -0.3 is 9.73 Å². The predicted octanol–water partition coefficient (Wildman–Crippen LogP) is 6.55. The molecule has 0 saturated heterocycles. The van der Waals surface area contributed by atoms with Crippen LogP contribution < -0.4 is 5.32 Å². The number of carbonyl (C=O) groups is 1. The third kappa shape index (κ3) is 6.34. The lowest BCUT2D eigenvalue weighted by atomic mass is 10.1. The summed E-state index contributed by atoms with van der Waals surface area (Å²) in [7, 11) is 0. The molecule has 12 heteroatoms. The van der Waals surface area contributed by atoms with Crippen molar-refractivity contribution >= 4 is 23.4 Å². The molecule has 0 aliphatic heterocycles. The third-order valence-electron chi connectivity index (χ3n) is 5.55. The zero-order valence-corrected chi connectivity index (χ0v) is 20.8. The van der Waals surface area contributed by atoms with E-state index >= 15 is 0 Å². The van der Waals surface area contributed by atoms with Gasteiger partial charge in [0.1, 0.15) is 17.9 Å². The summed E-state index contributed by atoms with van der Waals surface area (Å²) < 4.78 is 60.4. The van der Waals surface area contributed by atoms with Crippen molar-refractivity contribution in [2.24, 2.45) is 0 Å². The molecular weight excluding hydrogens is 534 g/mol. The Labute approximate surface area is 223 Å². The predicted molar refractivity (Wildman–Crippen MR) is 136 cm³/mol. The Hall–Kier alpha value is -4.45. The van der Waals surface area contributed by atoms with E-state index in [9.17, 15) is 22.4 Å². The first kappa shape index (κ1) is 26.2. The Bertz CT molecular complexity index is 1580. The zero-order valence-electron chi connectivity index (χ0n) is 20.0. The number of alkyl halides is 3. The number of anilines is 1. The van der Waals surface area contributed by atoms with Crippen molar-refractivity contribution in [2.45, 2.75) is 23.5 Å². The number of nitrogens with zero attached hydrogens (tertiary/aromatic N) is 4. The summed E-state index contributed by atoms with van der Waals surface area (Å²) in [5.41, 5.74) is 0.786. The van der Waals surface area contributed by atoms with E-state index in [4.69, 9.17) is 4.42 Å². The van der Waals surface area contributed by atoms with Crippen LogP contribution in [-0.4, -0.2) is 25.7 Å². The topological polar surface area (TPSA) is 85.8 Å². The van der Waals surface area contributed by atoms with Crippen LogP contribution in [0.3, 0.4) is 0 Å². The lowest BCUT2D eigenvalue weighted by Gasteiger charge is -2.13. The summed E-state index contributed by atoms with van der Waals surface area (Å²) in [6.07, 6.45) is -2.98. The maximum absolute atomic E-state index is 13.4. The van der Waals surface area contributed by atoms with Crippen LogP contribution in [0, 0.1) is 5.82 Å². The third-order valence-corrected chi connectivity index (χ3v) is 6.46. The van der Waals surface area contributed by atoms with Gasteiger partial charge in [0.05, 0.1) is 17.0 Å². The number of carbonyl (C=O) groups excluding carboxylic acids is 1. The number of amides is 1. The van der Waals surface area contributed by atoms with Crippen LogP contribution in [-0.2, 0) is 18.3 Å². The van der Waals surface area contributed by atoms with Crippen molar-refractivity contribution in [3.05, 3.63) is 119 Å². The second-order valence-electron chi connectivity index (χ2n) is 8.32. The number of aromatic nitrogens is 4. The number of rotatable bonds is 8. The molecule has 5 rings (SSSR count). The fraction of sp³-hybridized carbons (Fsp3) is 0.111. The van der Waals surface area contributed by atoms with Crippen LogP contribution >= 0.6 is 11.8 Å². The second kappa shape index (κ2) is 11.1. The van der Waals surface area contributed by atoms with Gasteiger partial charge in [-0.15, -0.1) is 10.2 Å². The van der Waals surface area contributed by atoms with Gasteiger partial charge in [0.25, 0.3) is 5.91 Å². The fourth-order valence-corrected chi connectivity index (χ4v) is 4.53. The van der Waals surface area contributed by atoms with Crippen LogP contribution in [0.25, 0.3) is 5.69 Å². The monoisotopic (exact) mass is 553 g/mol. The minimum absolute atomic E-state index is 0.0130. The molecule has 198 valence electrons. The zero-order chi connectivity index (χ0) is 27.4. The highest BCUT2D eigenvalue weighted by Crippen LogP contribution is 2.32. The average molecular weight is 554 g/mol. The van der Waals surface area contributed by atoms with Gasteiger partial charge in [-0.1, -0.05) is 48.2 Å². The number of halogens is 4. The molecule has 1 N–H and O–H groups in total. The molecule has 0 spiro atoms. The molecule has 0 fully saturated rings. The van der Waals surface area contributed by atoms with Gasteiger partial charge in [-0.3, -0.25) is 9.36 Å². The Balaban J connectivity index is 1.37. The van der Waals surface area contributed by atoms with Gasteiger partial charge >= 0.3 is 6.18 Å². The summed E-state index contributed by atoms with van der Waals surface area (Å²) in [6, 6.07) is 19.6. The van der Waals surface area contributed by atoms with Crippen molar-refractivity contribution in [1.82, 2.24) is 19.7 Å². The fourth-order valence-electron chi connectivity index (χ4n) is 3.70. The first-order valence-electron chi connectivity index (χ1n) is 11.6. The van der Waals surface area contributed by atoms with E-state index in [-0.39, 0.29) is 23.0 Å². The summed E-state index contributed by atoms with van der Waals surface area (Å²) >= 11 is 1.15. The molecule has 2 heterocycles. The van der Waals surface area contributed by atoms with E-state index in [0.717, 1.165) is 29.5 Å². The number of oxazole rings is 1. The molecule has 0 saturated carbocycles. The van der Waals surface area contributed by atoms with Gasteiger partial charge in [-0.05, 0) is 48.0 Å². The lowest BCUT2D eigenvalue weighted by molar-refractivity contribution is -0.137. The quantitative estimate of drug-likeness (QED) is 0.173. The Kier molecular flexibility index (Phi) is 7.46. The molecule has 0 bridgehead atoms. The van der Waals surface area contributed by atoms with Gasteiger partial charge in [0.2, 0.25) is 5.89 Å². The molecule has 39 heavy (non-hydrogen) atoms. The second-order valence-corrected chi connectivity index (χ2v) is 9.26. The van der Waals surface area contributed by atoms with Crippen molar-refractivity contribution in [2.75, 3.05) is 5.32 Å². The van der Waals surface area contributed by atoms with Crippen molar-refractivity contribution in [1.29, 1.82) is 0 Å². The van der Waals surface area contributed by atoms with E-state index < -0.39 is 23.5 Å². The van der Waals surface area contributed by atoms with Crippen LogP contribution in [0.5, 0.6) is 0 Å². The standard InChI is InChI=1S/C27H19F4N5O2S/c28-19-9-11-20(12-10-19)32-25(37)22-15-38-24(33-22)16-39-26-35-34-23(13-17-5-2-1-3-6-17)36(26)21-8-4-7-18(14-21)27(29,30)31/h1-12,14-15H,13,16H2,(H,32,37). The van der Waals surface area contributed by atoms with E-state index in [1.807, 2.05) is 30.3 Å². The number of benzene rings is 3. The SMILES string of the molecule is O=C(Nc1ccc(F)cc1)c1coc(CSc2nnc(Cc3ccccc3)n2-c2cccc(C(F)(F)F)c2)n1. The summed E-state index contributed by atoms with van der Waals surface area (Å²) in [4.78, 5) is 16.6. The molecule has 0 aliphatic carbocycles. The van der Waals surface area contributed by atoms with Crippen molar-refractivity contribution in [3.8, 4) is 5.69 Å². The molecule has 1 amide bonds. The first-order valence-corrected chi connectivity index (χ1v) is 12.5. The van der Waals surface area contributed by atoms with Gasteiger partial charge in [-0.2, -0.15) is 13.2 Å². The Morgan fingerprint density at radius 2 is 1.74 bits per heavy atom. The lowest BCUT2D eigenvalue weighted by Crippen LogP contribution is -2.12. The largest absolute Gasteiger partial charge is 0.447 e. The van der Waals surface area contributed by atoms with Gasteiger partial charge in [0.15, 0.2) is 10.9 Å². The summed E-state index contributed by atoms with van der Waals surface area (Å²) in [5.74, 6) is -0.188. The minimum Gasteiger partial charge on any atom is -0.447 e. The molecule has 0 aliphatic rings. The normalized spacial score (nSPS) is 11.5. The molecule has 2 aromatic heterocycles. The molecular formula is C27H19F4N5O2S. The molecule has 3 aromatic carbocycles. The average Bonchev–Trinajstić information content (AvgIpc) is 3.56. The van der Waals surface area contributed by atoms with Crippen LogP contribution in [0.1, 0.15) is 33.3 Å². The minimum atomic E-state index is -4.51. The highest BCUT2D eigenvalue weighted by molar-refractivity contribution is 7.98. The van der Waals surface area contributed by atoms with E-state index in [2.05, 4.69) is 20.5 Å². The Morgan fingerprint density at radius 3 is 2.49 bits per heavy atom. The van der Waals surface area contributed by atoms with E-state index in [0.29, 0.717) is 23.1 Å². The maximum atomic E-state index is 13.4. The highest BCUT2D eigenvalue weighted by Gasteiger charge is 2.31. The summed E-state index contributed by atoms with van der Waals surface area (Å²) in [6.45, 7) is 0. The molecule has 0 unspecified atom stereocenters. The number of hydrogen-bond acceptors (Lipinski definition) is 6. The van der Waals surface area contributed by atoms with Crippen LogP contribution in [0.15, 0.2) is 94.7 Å². The molecule has 0 atom stereocenters. The first-order chi connectivity index (χ1) is 18.8. The smallest absolute Gasteiger partial charge is 0.416 e. The van der Waals surface area contributed by atoms with Crippen LogP contribution in [0.2, 0.25) is 0 Å². The Morgan fingerprint density at radius 1 is 0.974 bits per heavy atom. The number of hydrogen-bond donors (Lipinski definition) is 1. The summed E-state index contributed by atoms with van der Waals surface area (Å²) in [5, 5.41) is 11.4. The van der Waals surface area contributed by atoms with Gasteiger partial charge in [0, 0.05) is 12.1 Å². The van der Waals surface area contributed by atoms with Crippen molar-refractivity contribution in [3.63, 3.8) is 0 Å². The van der Waals surface area contributed by atoms with Crippen molar-refractivity contribution < 1.29 is 26.8 Å². The van der Waals surface area contributed by atoms with Crippen LogP contribution in [0.4, 0.5) is 23.2 Å².